The Labute approximate surface area is 112 Å². The second-order valence-corrected chi connectivity index (χ2v) is 6.40. The van der Waals surface area contributed by atoms with E-state index in [-0.39, 0.29) is 15.8 Å². The Kier molecular flexibility index (Phi) is 3.28. The van der Waals surface area contributed by atoms with Gasteiger partial charge in [-0.05, 0) is 13.8 Å². The van der Waals surface area contributed by atoms with Gasteiger partial charge in [0.2, 0.25) is 10.9 Å². The Bertz CT molecular complexity index is 731. The van der Waals surface area contributed by atoms with Gasteiger partial charge in [0.1, 0.15) is 15.7 Å². The molecular formula is C9H9N3O5S2. The molecule has 10 heteroatoms. The van der Waals surface area contributed by atoms with Gasteiger partial charge in [0.15, 0.2) is 0 Å². The second kappa shape index (κ2) is 4.63. The Morgan fingerprint density at radius 3 is 2.58 bits per heavy atom. The molecule has 0 atom stereocenters. The summed E-state index contributed by atoms with van der Waals surface area (Å²) < 4.78 is 31.2. The van der Waals surface area contributed by atoms with Crippen molar-refractivity contribution in [3.63, 3.8) is 0 Å². The number of nitrogens with zero attached hydrogens (tertiary/aromatic N) is 2. The molecule has 2 aromatic rings. The topological polar surface area (TPSA) is 122 Å². The lowest BCUT2D eigenvalue weighted by molar-refractivity contribution is 0.0661. The van der Waals surface area contributed by atoms with E-state index in [1.54, 1.807) is 6.92 Å². The van der Waals surface area contributed by atoms with Crippen molar-refractivity contribution in [3.05, 3.63) is 22.6 Å². The number of carboxylic acids is 1. The quantitative estimate of drug-likeness (QED) is 0.871. The maximum absolute atomic E-state index is 12.0. The molecule has 2 aromatic heterocycles. The molecule has 2 rings (SSSR count). The first kappa shape index (κ1) is 13.5. The molecule has 0 radical (unpaired) electrons. The molecule has 0 aliphatic heterocycles. The largest absolute Gasteiger partial charge is 0.475 e. The number of aromatic carboxylic acids is 1. The van der Waals surface area contributed by atoms with Crippen LogP contribution in [0.25, 0.3) is 0 Å². The van der Waals surface area contributed by atoms with Gasteiger partial charge in [-0.25, -0.2) is 13.2 Å². The number of nitrogens with one attached hydrogen (secondary N) is 1. The summed E-state index contributed by atoms with van der Waals surface area (Å²) in [7, 11) is -3.94. The minimum atomic E-state index is -3.94. The molecule has 0 aliphatic rings. The number of furan rings is 1. The molecule has 0 saturated carbocycles. The lowest BCUT2D eigenvalue weighted by atomic mass is 10.4. The van der Waals surface area contributed by atoms with Crippen LogP contribution in [0.4, 0.5) is 5.13 Å². The zero-order chi connectivity index (χ0) is 14.2. The molecule has 0 fully saturated rings. The molecule has 0 saturated heterocycles. The highest BCUT2D eigenvalue weighted by Gasteiger charge is 2.24. The highest BCUT2D eigenvalue weighted by molar-refractivity contribution is 7.93. The van der Waals surface area contributed by atoms with Crippen molar-refractivity contribution in [1.82, 2.24) is 10.2 Å². The number of aryl methyl sites for hydroxylation is 2. The van der Waals surface area contributed by atoms with Crippen molar-refractivity contribution in [1.29, 1.82) is 0 Å². The Hall–Kier alpha value is -1.94. The van der Waals surface area contributed by atoms with Crippen LogP contribution >= 0.6 is 11.3 Å². The summed E-state index contributed by atoms with van der Waals surface area (Å²) in [5, 5.41) is 16.8. The lowest BCUT2D eigenvalue weighted by Crippen LogP contribution is -2.13. The van der Waals surface area contributed by atoms with Crippen LogP contribution < -0.4 is 4.72 Å². The first-order chi connectivity index (χ1) is 8.79. The van der Waals surface area contributed by atoms with Crippen molar-refractivity contribution in [2.24, 2.45) is 0 Å². The van der Waals surface area contributed by atoms with E-state index >= 15 is 0 Å². The Balaban J connectivity index is 2.37. The molecule has 0 amide bonds. The molecule has 0 unspecified atom stereocenters. The summed E-state index contributed by atoms with van der Waals surface area (Å²) in [5.74, 6) is -1.78. The van der Waals surface area contributed by atoms with E-state index in [1.807, 2.05) is 0 Å². The third-order valence-electron chi connectivity index (χ3n) is 2.12. The van der Waals surface area contributed by atoms with E-state index in [0.717, 1.165) is 17.4 Å². The number of carbonyl (C=O) groups is 1. The molecule has 2 N–H and O–H groups in total. The van der Waals surface area contributed by atoms with E-state index in [0.29, 0.717) is 5.01 Å². The first-order valence-electron chi connectivity index (χ1n) is 4.96. The molecule has 8 nitrogen and oxygen atoms in total. The Morgan fingerprint density at radius 1 is 1.42 bits per heavy atom. The van der Waals surface area contributed by atoms with Gasteiger partial charge >= 0.3 is 5.97 Å². The summed E-state index contributed by atoms with van der Waals surface area (Å²) in [6.45, 7) is 3.05. The second-order valence-electron chi connectivity index (χ2n) is 3.57. The van der Waals surface area contributed by atoms with E-state index < -0.39 is 21.8 Å². The maximum atomic E-state index is 12.0. The standard InChI is InChI=1S/C9H9N3O5S2/c1-4-7(3-6(17-4)8(13)14)19(15,16)12-9-11-10-5(2)18-9/h3H,1-2H3,(H,11,12)(H,13,14). The highest BCUT2D eigenvalue weighted by atomic mass is 32.2. The van der Waals surface area contributed by atoms with Crippen LogP contribution in [0.5, 0.6) is 0 Å². The van der Waals surface area contributed by atoms with Gasteiger partial charge < -0.3 is 9.52 Å². The van der Waals surface area contributed by atoms with Crippen LogP contribution in [0.2, 0.25) is 0 Å². The van der Waals surface area contributed by atoms with E-state index in [4.69, 9.17) is 9.52 Å². The van der Waals surface area contributed by atoms with E-state index in [9.17, 15) is 13.2 Å². The summed E-state index contributed by atoms with van der Waals surface area (Å²) >= 11 is 1.07. The number of hydrogen-bond donors (Lipinski definition) is 2. The fraction of sp³-hybridized carbons (Fsp3) is 0.222. The number of hydrogen-bond acceptors (Lipinski definition) is 7. The number of carboxylic acid groups (broad SMARTS) is 1. The van der Waals surface area contributed by atoms with Gasteiger partial charge in [-0.1, -0.05) is 11.3 Å². The van der Waals surface area contributed by atoms with Crippen LogP contribution in [-0.2, 0) is 10.0 Å². The fourth-order valence-electron chi connectivity index (χ4n) is 1.35. The zero-order valence-corrected chi connectivity index (χ0v) is 11.5. The fourth-order valence-corrected chi connectivity index (χ4v) is 3.35. The van der Waals surface area contributed by atoms with Crippen LogP contribution in [0, 0.1) is 13.8 Å². The van der Waals surface area contributed by atoms with E-state index in [1.165, 1.54) is 6.92 Å². The third kappa shape index (κ3) is 2.74. The number of rotatable bonds is 4. The SMILES string of the molecule is Cc1nnc(NS(=O)(=O)c2cc(C(=O)O)oc2C)s1. The van der Waals surface area contributed by atoms with Crippen LogP contribution in [0.3, 0.4) is 0 Å². The molecular weight excluding hydrogens is 294 g/mol. The van der Waals surface area contributed by atoms with Crippen LogP contribution in [-0.4, -0.2) is 29.7 Å². The van der Waals surface area contributed by atoms with Gasteiger partial charge in [0.05, 0.1) is 0 Å². The monoisotopic (exact) mass is 303 g/mol. The van der Waals surface area contributed by atoms with Crippen molar-refractivity contribution < 1.29 is 22.7 Å². The molecule has 102 valence electrons. The molecule has 0 spiro atoms. The normalized spacial score (nSPS) is 11.5. The maximum Gasteiger partial charge on any atom is 0.371 e. The minimum absolute atomic E-state index is 0.00821. The molecule has 0 aromatic carbocycles. The predicted molar refractivity (Wildman–Crippen MR) is 65.9 cm³/mol. The van der Waals surface area contributed by atoms with Gasteiger partial charge in [-0.3, -0.25) is 4.72 Å². The van der Waals surface area contributed by atoms with Crippen LogP contribution in [0.15, 0.2) is 15.4 Å². The van der Waals surface area contributed by atoms with E-state index in [2.05, 4.69) is 14.9 Å². The average Bonchev–Trinajstić information content (AvgIpc) is 2.85. The van der Waals surface area contributed by atoms with Crippen molar-refractivity contribution in [2.45, 2.75) is 18.7 Å². The van der Waals surface area contributed by atoms with Crippen molar-refractivity contribution in [2.75, 3.05) is 4.72 Å². The average molecular weight is 303 g/mol. The zero-order valence-electron chi connectivity index (χ0n) is 9.87. The highest BCUT2D eigenvalue weighted by Crippen LogP contribution is 2.24. The molecule has 19 heavy (non-hydrogen) atoms. The summed E-state index contributed by atoms with van der Waals surface area (Å²) in [6.07, 6.45) is 0. The predicted octanol–water partition coefficient (Wildman–Crippen LogP) is 1.25. The van der Waals surface area contributed by atoms with Crippen molar-refractivity contribution >= 4 is 32.5 Å². The number of anilines is 1. The van der Waals surface area contributed by atoms with Crippen LogP contribution in [0.1, 0.15) is 21.3 Å². The molecule has 0 bridgehead atoms. The van der Waals surface area contributed by atoms with Gasteiger partial charge in [0, 0.05) is 6.07 Å². The van der Waals surface area contributed by atoms with Gasteiger partial charge in [-0.15, -0.1) is 10.2 Å². The molecule has 2 heterocycles. The third-order valence-corrected chi connectivity index (χ3v) is 4.45. The van der Waals surface area contributed by atoms with Gasteiger partial charge in [-0.2, -0.15) is 0 Å². The summed E-state index contributed by atoms with van der Waals surface area (Å²) in [6, 6.07) is 0.952. The molecule has 0 aliphatic carbocycles. The minimum Gasteiger partial charge on any atom is -0.475 e. The smallest absolute Gasteiger partial charge is 0.371 e. The number of sulfonamides is 1. The van der Waals surface area contributed by atoms with Crippen molar-refractivity contribution in [3.8, 4) is 0 Å². The van der Waals surface area contributed by atoms with Gasteiger partial charge in [0.25, 0.3) is 10.0 Å². The lowest BCUT2D eigenvalue weighted by Gasteiger charge is -2.01. The summed E-state index contributed by atoms with van der Waals surface area (Å²) in [4.78, 5) is 10.5. The first-order valence-corrected chi connectivity index (χ1v) is 7.26. The Morgan fingerprint density at radius 2 is 2.11 bits per heavy atom. The number of aromatic nitrogens is 2. The summed E-state index contributed by atoms with van der Waals surface area (Å²) in [5.41, 5.74) is 0.